The van der Waals surface area contributed by atoms with E-state index in [2.05, 4.69) is 21.9 Å². The Bertz CT molecular complexity index is 373. The largest absolute Gasteiger partial charge is 0.374 e. The summed E-state index contributed by atoms with van der Waals surface area (Å²) >= 11 is 0. The Hall–Kier alpha value is -0.210. The summed E-state index contributed by atoms with van der Waals surface area (Å²) in [5, 5.41) is 2.70. The van der Waals surface area contributed by atoms with E-state index in [1.165, 1.54) is 0 Å². The van der Waals surface area contributed by atoms with Crippen molar-refractivity contribution in [2.24, 2.45) is 0 Å². The molecule has 0 radical (unpaired) electrons. The first-order valence-corrected chi connectivity index (χ1v) is 8.95. The van der Waals surface area contributed by atoms with Crippen LogP contribution in [0.2, 0.25) is 0 Å². The molecule has 1 saturated heterocycles. The van der Waals surface area contributed by atoms with E-state index in [4.69, 9.17) is 4.74 Å². The number of nitrogens with one attached hydrogen (secondary N) is 2. The Kier molecular flexibility index (Phi) is 7.39. The molecule has 0 bridgehead atoms. The maximum atomic E-state index is 12.1. The van der Waals surface area contributed by atoms with Crippen LogP contribution < -0.4 is 10.0 Å². The number of hydrogen-bond donors (Lipinski definition) is 2. The van der Waals surface area contributed by atoms with Crippen LogP contribution in [0.4, 0.5) is 0 Å². The number of sulfonamides is 1. The van der Waals surface area contributed by atoms with Crippen LogP contribution in [0.5, 0.6) is 0 Å². The van der Waals surface area contributed by atoms with Crippen LogP contribution in [0.1, 0.15) is 27.7 Å². The molecule has 1 aliphatic heterocycles. The normalized spacial score (nSPS) is 23.1. The summed E-state index contributed by atoms with van der Waals surface area (Å²) in [5.41, 5.74) is 0. The average molecular weight is 307 g/mol. The molecule has 1 heterocycles. The second-order valence-electron chi connectivity index (χ2n) is 5.65. The molecule has 0 spiro atoms. The van der Waals surface area contributed by atoms with Gasteiger partial charge in [0.05, 0.1) is 18.0 Å². The monoisotopic (exact) mass is 307 g/mol. The first kappa shape index (κ1) is 17.8. The molecule has 1 rings (SSSR count). The molecule has 1 fully saturated rings. The molecule has 2 atom stereocenters. The highest BCUT2D eigenvalue weighted by Gasteiger charge is 2.24. The smallest absolute Gasteiger partial charge is 0.215 e. The van der Waals surface area contributed by atoms with Crippen molar-refractivity contribution in [2.75, 3.05) is 39.3 Å². The van der Waals surface area contributed by atoms with Crippen LogP contribution in [-0.2, 0) is 14.8 Å². The first-order valence-electron chi connectivity index (χ1n) is 7.41. The molecular weight excluding hydrogens is 278 g/mol. The third-order valence-electron chi connectivity index (χ3n) is 3.53. The van der Waals surface area contributed by atoms with Crippen molar-refractivity contribution in [1.29, 1.82) is 0 Å². The topological polar surface area (TPSA) is 70.7 Å². The van der Waals surface area contributed by atoms with Crippen LogP contribution >= 0.6 is 0 Å². The quantitative estimate of drug-likeness (QED) is 0.661. The van der Waals surface area contributed by atoms with Gasteiger partial charge < -0.3 is 10.1 Å². The van der Waals surface area contributed by atoms with Gasteiger partial charge in [0.2, 0.25) is 10.0 Å². The van der Waals surface area contributed by atoms with Gasteiger partial charge in [-0.1, -0.05) is 20.8 Å². The third-order valence-corrected chi connectivity index (χ3v) is 5.32. The lowest BCUT2D eigenvalue weighted by Crippen LogP contribution is -2.49. The predicted octanol–water partition coefficient (Wildman–Crippen LogP) is 0.0130. The second-order valence-corrected chi connectivity index (χ2v) is 7.84. The van der Waals surface area contributed by atoms with E-state index in [1.807, 2.05) is 13.8 Å². The van der Waals surface area contributed by atoms with E-state index in [-0.39, 0.29) is 12.1 Å². The van der Waals surface area contributed by atoms with Crippen molar-refractivity contribution in [1.82, 2.24) is 14.9 Å². The van der Waals surface area contributed by atoms with Gasteiger partial charge in [-0.2, -0.15) is 0 Å². The molecule has 7 heteroatoms. The van der Waals surface area contributed by atoms with Crippen LogP contribution in [0.25, 0.3) is 0 Å². The Morgan fingerprint density at radius 1 is 1.35 bits per heavy atom. The maximum Gasteiger partial charge on any atom is 0.215 e. The number of rotatable bonds is 8. The van der Waals surface area contributed by atoms with E-state index in [9.17, 15) is 8.42 Å². The molecule has 0 saturated carbocycles. The zero-order chi connectivity index (χ0) is 15.2. The van der Waals surface area contributed by atoms with Crippen LogP contribution in [0.15, 0.2) is 0 Å². The summed E-state index contributed by atoms with van der Waals surface area (Å²) in [4.78, 5) is 2.27. The van der Waals surface area contributed by atoms with Crippen molar-refractivity contribution in [3.63, 3.8) is 0 Å². The third kappa shape index (κ3) is 6.05. The van der Waals surface area contributed by atoms with Gasteiger partial charge >= 0.3 is 0 Å². The molecule has 120 valence electrons. The second kappa shape index (κ2) is 8.29. The van der Waals surface area contributed by atoms with Gasteiger partial charge in [0, 0.05) is 32.2 Å². The number of nitrogens with zero attached hydrogens (tertiary/aromatic N) is 1. The van der Waals surface area contributed by atoms with Crippen molar-refractivity contribution in [2.45, 2.75) is 45.1 Å². The van der Waals surface area contributed by atoms with E-state index in [1.54, 1.807) is 6.92 Å². The summed E-state index contributed by atoms with van der Waals surface area (Å²) in [5.74, 6) is 0. The van der Waals surface area contributed by atoms with Crippen LogP contribution in [0.3, 0.4) is 0 Å². The fraction of sp³-hybridized carbons (Fsp3) is 1.00. The molecule has 2 unspecified atom stereocenters. The Morgan fingerprint density at radius 2 is 2.05 bits per heavy atom. The van der Waals surface area contributed by atoms with E-state index in [0.29, 0.717) is 19.7 Å². The summed E-state index contributed by atoms with van der Waals surface area (Å²) in [7, 11) is -3.29. The van der Waals surface area contributed by atoms with Crippen molar-refractivity contribution in [3.8, 4) is 0 Å². The fourth-order valence-electron chi connectivity index (χ4n) is 2.05. The highest BCUT2D eigenvalue weighted by molar-refractivity contribution is 7.90. The lowest BCUT2D eigenvalue weighted by atomic mass is 10.3. The Morgan fingerprint density at radius 3 is 2.65 bits per heavy atom. The Labute approximate surface area is 123 Å². The van der Waals surface area contributed by atoms with E-state index in [0.717, 1.165) is 19.6 Å². The van der Waals surface area contributed by atoms with Gasteiger partial charge in [0.25, 0.3) is 0 Å². The zero-order valence-electron chi connectivity index (χ0n) is 13.1. The predicted molar refractivity (Wildman–Crippen MR) is 81.4 cm³/mol. The van der Waals surface area contributed by atoms with Crippen molar-refractivity contribution < 1.29 is 13.2 Å². The molecule has 0 aromatic heterocycles. The summed E-state index contributed by atoms with van der Waals surface area (Å²) in [6.07, 6.45) is -0.0521. The van der Waals surface area contributed by atoms with Crippen LogP contribution in [0, 0.1) is 0 Å². The van der Waals surface area contributed by atoms with Gasteiger partial charge in [-0.05, 0) is 13.5 Å². The number of morpholine rings is 1. The van der Waals surface area contributed by atoms with Gasteiger partial charge in [0.1, 0.15) is 0 Å². The summed E-state index contributed by atoms with van der Waals surface area (Å²) in [6.45, 7) is 12.0. The molecule has 1 aliphatic rings. The van der Waals surface area contributed by atoms with E-state index < -0.39 is 15.3 Å². The summed E-state index contributed by atoms with van der Waals surface area (Å²) in [6, 6.07) is 0.285. The number of hydrogen-bond acceptors (Lipinski definition) is 5. The molecular formula is C13H29N3O3S. The van der Waals surface area contributed by atoms with E-state index >= 15 is 0 Å². The van der Waals surface area contributed by atoms with Gasteiger partial charge in [-0.15, -0.1) is 0 Å². The molecule has 6 nitrogen and oxygen atoms in total. The molecule has 2 N–H and O–H groups in total. The van der Waals surface area contributed by atoms with Crippen LogP contribution in [-0.4, -0.2) is 70.0 Å². The van der Waals surface area contributed by atoms with Gasteiger partial charge in [-0.3, -0.25) is 4.90 Å². The maximum absolute atomic E-state index is 12.1. The van der Waals surface area contributed by atoms with Crippen molar-refractivity contribution in [3.05, 3.63) is 0 Å². The fourth-order valence-corrected chi connectivity index (χ4v) is 3.07. The standard InChI is InChI=1S/C13H29N3O3S/c1-5-16-6-7-19-13(10-16)9-15-20(17,18)12(4)8-14-11(2)3/h11-15H,5-10H2,1-4H3. The lowest BCUT2D eigenvalue weighted by molar-refractivity contribution is -0.0229. The highest BCUT2D eigenvalue weighted by atomic mass is 32.2. The minimum Gasteiger partial charge on any atom is -0.374 e. The Balaban J connectivity index is 2.38. The van der Waals surface area contributed by atoms with Gasteiger partial charge in [0.15, 0.2) is 0 Å². The average Bonchev–Trinajstić information content (AvgIpc) is 2.42. The first-order chi connectivity index (χ1) is 9.35. The molecule has 0 aromatic rings. The van der Waals surface area contributed by atoms with Crippen molar-refractivity contribution >= 4 is 10.0 Å². The lowest BCUT2D eigenvalue weighted by Gasteiger charge is -2.32. The van der Waals surface area contributed by atoms with Gasteiger partial charge in [-0.25, -0.2) is 13.1 Å². The highest BCUT2D eigenvalue weighted by Crippen LogP contribution is 2.05. The number of likely N-dealkylation sites (N-methyl/N-ethyl adjacent to an activating group) is 1. The minimum atomic E-state index is -3.29. The number of ether oxygens (including phenoxy) is 1. The molecule has 0 aromatic carbocycles. The SMILES string of the molecule is CCN1CCOC(CNS(=O)(=O)C(C)CNC(C)C)C1. The zero-order valence-corrected chi connectivity index (χ0v) is 13.9. The molecule has 20 heavy (non-hydrogen) atoms. The molecule has 0 amide bonds. The molecule has 0 aliphatic carbocycles. The summed E-state index contributed by atoms with van der Waals surface area (Å²) < 4.78 is 32.5. The minimum absolute atomic E-state index is 0.0521.